The highest BCUT2D eigenvalue weighted by Crippen LogP contribution is 2.35. The fourth-order valence-corrected chi connectivity index (χ4v) is 3.98. The molecule has 0 saturated heterocycles. The second-order valence-electron chi connectivity index (χ2n) is 7.65. The molecule has 8 nitrogen and oxygen atoms in total. The molecule has 0 saturated carbocycles. The fourth-order valence-electron chi connectivity index (χ4n) is 3.75. The van der Waals surface area contributed by atoms with Gasteiger partial charge in [0.2, 0.25) is 0 Å². The van der Waals surface area contributed by atoms with Crippen LogP contribution >= 0.6 is 11.6 Å². The minimum Gasteiger partial charge on any atom is -0.383 e. The third-order valence-corrected chi connectivity index (χ3v) is 5.67. The van der Waals surface area contributed by atoms with Crippen molar-refractivity contribution in [3.8, 4) is 22.5 Å². The maximum atomic E-state index is 6.54. The molecule has 5 rings (SSSR count). The Balaban J connectivity index is 1.63. The first-order chi connectivity index (χ1) is 16.0. The summed E-state index contributed by atoms with van der Waals surface area (Å²) < 4.78 is 1.71. The molecule has 1 atom stereocenters. The summed E-state index contributed by atoms with van der Waals surface area (Å²) in [6.07, 6.45) is 3.27. The van der Waals surface area contributed by atoms with Gasteiger partial charge in [-0.2, -0.15) is 5.10 Å². The summed E-state index contributed by atoms with van der Waals surface area (Å²) in [6.45, 7) is 2.00. The smallest absolute Gasteiger partial charge is 0.141 e. The number of nitrogen functional groups attached to an aromatic ring is 1. The fraction of sp³-hybridized carbons (Fsp3) is 0.125. The van der Waals surface area contributed by atoms with Gasteiger partial charge in [-0.05, 0) is 31.2 Å². The Morgan fingerprint density at radius 3 is 2.42 bits per heavy atom. The number of nitrogens with one attached hydrogen (secondary N) is 1. The zero-order valence-corrected chi connectivity index (χ0v) is 18.8. The minimum atomic E-state index is -0.273. The van der Waals surface area contributed by atoms with Crippen LogP contribution in [0.2, 0.25) is 5.02 Å². The molecule has 3 aromatic heterocycles. The van der Waals surface area contributed by atoms with Crippen LogP contribution in [-0.4, -0.2) is 29.7 Å². The number of nitrogens with zero attached hydrogens (tertiary/aromatic N) is 6. The molecule has 1 unspecified atom stereocenters. The second-order valence-corrected chi connectivity index (χ2v) is 8.06. The Labute approximate surface area is 195 Å². The number of aromatic nitrogens is 6. The average molecular weight is 457 g/mol. The third kappa shape index (κ3) is 3.96. The molecule has 3 heterocycles. The highest BCUT2D eigenvalue weighted by atomic mass is 35.5. The SMILES string of the molecule is CC(Nc1ncnc(N)c1-c1ccn(C)n1)c1nc2ccccc2nc1-c1ccccc1Cl. The lowest BCUT2D eigenvalue weighted by atomic mass is 10.0. The maximum Gasteiger partial charge on any atom is 0.141 e. The molecule has 0 spiro atoms. The van der Waals surface area contributed by atoms with Crippen LogP contribution in [0.1, 0.15) is 18.7 Å². The zero-order chi connectivity index (χ0) is 22.9. The summed E-state index contributed by atoms with van der Waals surface area (Å²) in [5.41, 5.74) is 11.4. The van der Waals surface area contributed by atoms with Crippen molar-refractivity contribution >= 4 is 34.3 Å². The molecule has 164 valence electrons. The lowest BCUT2D eigenvalue weighted by molar-refractivity contribution is 0.770. The van der Waals surface area contributed by atoms with Crippen LogP contribution in [0.4, 0.5) is 11.6 Å². The maximum absolute atomic E-state index is 6.54. The van der Waals surface area contributed by atoms with E-state index in [4.69, 9.17) is 27.3 Å². The van der Waals surface area contributed by atoms with Crippen molar-refractivity contribution in [2.24, 2.45) is 7.05 Å². The number of hydrogen-bond donors (Lipinski definition) is 2. The predicted molar refractivity (Wildman–Crippen MR) is 131 cm³/mol. The van der Waals surface area contributed by atoms with E-state index in [0.717, 1.165) is 22.3 Å². The van der Waals surface area contributed by atoms with Gasteiger partial charge in [-0.15, -0.1) is 0 Å². The molecular weight excluding hydrogens is 436 g/mol. The van der Waals surface area contributed by atoms with Crippen LogP contribution < -0.4 is 11.1 Å². The second kappa shape index (κ2) is 8.48. The van der Waals surface area contributed by atoms with Crippen LogP contribution in [-0.2, 0) is 7.05 Å². The van der Waals surface area contributed by atoms with Crippen molar-refractivity contribution in [3.05, 3.63) is 77.8 Å². The van der Waals surface area contributed by atoms with E-state index in [0.29, 0.717) is 33.6 Å². The lowest BCUT2D eigenvalue weighted by Gasteiger charge is -2.20. The molecule has 0 bridgehead atoms. The summed E-state index contributed by atoms with van der Waals surface area (Å²) >= 11 is 6.54. The van der Waals surface area contributed by atoms with Crippen LogP contribution in [0.15, 0.2) is 67.1 Å². The van der Waals surface area contributed by atoms with E-state index in [1.807, 2.05) is 74.8 Å². The van der Waals surface area contributed by atoms with Crippen molar-refractivity contribution in [1.29, 1.82) is 0 Å². The van der Waals surface area contributed by atoms with Crippen LogP contribution in [0, 0.1) is 0 Å². The van der Waals surface area contributed by atoms with E-state index in [2.05, 4.69) is 20.4 Å². The first kappa shape index (κ1) is 20.8. The normalized spacial score (nSPS) is 12.1. The molecule has 0 radical (unpaired) electrons. The van der Waals surface area contributed by atoms with Gasteiger partial charge < -0.3 is 11.1 Å². The first-order valence-electron chi connectivity index (χ1n) is 10.4. The summed E-state index contributed by atoms with van der Waals surface area (Å²) in [5.74, 6) is 0.906. The number of anilines is 2. The summed E-state index contributed by atoms with van der Waals surface area (Å²) in [6, 6.07) is 17.0. The molecule has 5 aromatic rings. The van der Waals surface area contributed by atoms with Crippen LogP contribution in [0.5, 0.6) is 0 Å². The molecular formula is C24H21ClN8. The molecule has 33 heavy (non-hydrogen) atoms. The molecule has 0 amide bonds. The molecule has 0 aliphatic carbocycles. The molecule has 3 N–H and O–H groups in total. The standard InChI is InChI=1S/C24H21ClN8/c1-14(29-24-20(23(26)27-13-28-24)19-11-12-33(2)32-19)21-22(15-7-3-4-8-16(15)25)31-18-10-6-5-9-17(18)30-21/h3-14H,1-2H3,(H3,26,27,28,29). The Morgan fingerprint density at radius 1 is 0.970 bits per heavy atom. The van der Waals surface area contributed by atoms with E-state index in [1.165, 1.54) is 6.33 Å². The number of rotatable bonds is 5. The topological polar surface area (TPSA) is 107 Å². The van der Waals surface area contributed by atoms with Gasteiger partial charge in [-0.3, -0.25) is 4.68 Å². The molecule has 0 fully saturated rings. The number of halogens is 1. The lowest BCUT2D eigenvalue weighted by Crippen LogP contribution is -2.14. The van der Waals surface area contributed by atoms with Gasteiger partial charge in [-0.1, -0.05) is 41.9 Å². The Bertz CT molecular complexity index is 1460. The van der Waals surface area contributed by atoms with Crippen LogP contribution in [0.25, 0.3) is 33.5 Å². The summed E-state index contributed by atoms with van der Waals surface area (Å²) in [4.78, 5) is 18.5. The highest BCUT2D eigenvalue weighted by Gasteiger charge is 2.22. The number of fused-ring (bicyclic) bond motifs is 1. The van der Waals surface area contributed by atoms with Crippen molar-refractivity contribution in [3.63, 3.8) is 0 Å². The van der Waals surface area contributed by atoms with Gasteiger partial charge in [0.15, 0.2) is 0 Å². The van der Waals surface area contributed by atoms with E-state index in [1.54, 1.807) is 4.68 Å². The van der Waals surface area contributed by atoms with Crippen molar-refractivity contribution < 1.29 is 0 Å². The average Bonchev–Trinajstić information content (AvgIpc) is 3.24. The van der Waals surface area contributed by atoms with Crippen molar-refractivity contribution in [2.45, 2.75) is 13.0 Å². The first-order valence-corrected chi connectivity index (χ1v) is 10.8. The van der Waals surface area contributed by atoms with Crippen LogP contribution in [0.3, 0.4) is 0 Å². The van der Waals surface area contributed by atoms with Gasteiger partial charge >= 0.3 is 0 Å². The molecule has 0 aliphatic rings. The van der Waals surface area contributed by atoms with E-state index in [9.17, 15) is 0 Å². The van der Waals surface area contributed by atoms with Gasteiger partial charge in [0, 0.05) is 18.8 Å². The number of benzene rings is 2. The Morgan fingerprint density at radius 2 is 1.70 bits per heavy atom. The number of hydrogen-bond acceptors (Lipinski definition) is 7. The van der Waals surface area contributed by atoms with E-state index < -0.39 is 0 Å². The predicted octanol–water partition coefficient (Wildman–Crippen LogP) is 4.90. The monoisotopic (exact) mass is 456 g/mol. The van der Waals surface area contributed by atoms with Gasteiger partial charge in [0.05, 0.1) is 44.7 Å². The van der Waals surface area contributed by atoms with Crippen molar-refractivity contribution in [1.82, 2.24) is 29.7 Å². The summed E-state index contributed by atoms with van der Waals surface area (Å²) in [5, 5.41) is 8.52. The van der Waals surface area contributed by atoms with Gasteiger partial charge in [-0.25, -0.2) is 19.9 Å². The molecule has 2 aromatic carbocycles. The molecule has 0 aliphatic heterocycles. The quantitative estimate of drug-likeness (QED) is 0.387. The molecule has 9 heteroatoms. The van der Waals surface area contributed by atoms with Gasteiger partial charge in [0.25, 0.3) is 0 Å². The van der Waals surface area contributed by atoms with Crippen molar-refractivity contribution in [2.75, 3.05) is 11.1 Å². The minimum absolute atomic E-state index is 0.273. The highest BCUT2D eigenvalue weighted by molar-refractivity contribution is 6.33. The third-order valence-electron chi connectivity index (χ3n) is 5.34. The number of aryl methyl sites for hydroxylation is 1. The Kier molecular flexibility index (Phi) is 5.35. The Hall–Kier alpha value is -4.04. The van der Waals surface area contributed by atoms with E-state index in [-0.39, 0.29) is 6.04 Å². The zero-order valence-electron chi connectivity index (χ0n) is 18.1. The number of para-hydroxylation sites is 2. The number of nitrogens with two attached hydrogens (primary N) is 1. The van der Waals surface area contributed by atoms with Gasteiger partial charge in [0.1, 0.15) is 18.0 Å². The van der Waals surface area contributed by atoms with E-state index >= 15 is 0 Å². The largest absolute Gasteiger partial charge is 0.383 e. The summed E-state index contributed by atoms with van der Waals surface area (Å²) in [7, 11) is 1.85.